The van der Waals surface area contributed by atoms with Crippen LogP contribution in [0.3, 0.4) is 0 Å². The predicted molar refractivity (Wildman–Crippen MR) is 96.0 cm³/mol. The van der Waals surface area contributed by atoms with E-state index in [1.54, 1.807) is 11.1 Å². The third-order valence-corrected chi connectivity index (χ3v) is 5.22. The minimum Gasteiger partial charge on any atom is -0.378 e. The van der Waals surface area contributed by atoms with Crippen LogP contribution in [0.5, 0.6) is 0 Å². The molecular weight excluding hydrogens is 332 g/mol. The van der Waals surface area contributed by atoms with Crippen molar-refractivity contribution in [3.8, 4) is 0 Å². The summed E-state index contributed by atoms with van der Waals surface area (Å²) in [5, 5.41) is 0. The number of imidazole rings is 1. The van der Waals surface area contributed by atoms with E-state index in [2.05, 4.69) is 4.98 Å². The molecule has 26 heavy (non-hydrogen) atoms. The van der Waals surface area contributed by atoms with Crippen LogP contribution in [-0.2, 0) is 9.53 Å². The summed E-state index contributed by atoms with van der Waals surface area (Å²) in [6.07, 6.45) is 5.36. The Bertz CT molecular complexity index is 825. The van der Waals surface area contributed by atoms with Gasteiger partial charge in [0.2, 0.25) is 5.91 Å². The highest BCUT2D eigenvalue weighted by molar-refractivity contribution is 5.93. The van der Waals surface area contributed by atoms with Gasteiger partial charge in [0.1, 0.15) is 11.3 Å². The Morgan fingerprint density at radius 3 is 2.81 bits per heavy atom. The van der Waals surface area contributed by atoms with Gasteiger partial charge in [-0.1, -0.05) is 0 Å². The van der Waals surface area contributed by atoms with Gasteiger partial charge in [0, 0.05) is 38.6 Å². The van der Waals surface area contributed by atoms with Crippen molar-refractivity contribution >= 4 is 17.5 Å². The van der Waals surface area contributed by atoms with Crippen molar-refractivity contribution in [1.29, 1.82) is 0 Å². The van der Waals surface area contributed by atoms with E-state index in [1.807, 2.05) is 34.6 Å². The SMILES string of the molecule is Cc1ccn2cc(C(=O)N3CCC[C@H](C(=O)N4CCOCC4)C3)nc2c1. The number of hydrogen-bond donors (Lipinski definition) is 0. The molecule has 0 unspecified atom stereocenters. The highest BCUT2D eigenvalue weighted by atomic mass is 16.5. The summed E-state index contributed by atoms with van der Waals surface area (Å²) >= 11 is 0. The first-order chi connectivity index (χ1) is 12.6. The second-order valence-corrected chi connectivity index (χ2v) is 7.12. The van der Waals surface area contributed by atoms with E-state index in [9.17, 15) is 9.59 Å². The van der Waals surface area contributed by atoms with Crippen molar-refractivity contribution in [3.63, 3.8) is 0 Å². The number of rotatable bonds is 2. The lowest BCUT2D eigenvalue weighted by molar-refractivity contribution is -0.141. The third-order valence-electron chi connectivity index (χ3n) is 5.22. The summed E-state index contributed by atoms with van der Waals surface area (Å²) in [4.78, 5) is 33.8. The van der Waals surface area contributed by atoms with Crippen LogP contribution in [0.4, 0.5) is 0 Å². The van der Waals surface area contributed by atoms with Crippen LogP contribution >= 0.6 is 0 Å². The normalized spacial score (nSPS) is 21.2. The molecular formula is C19H24N4O3. The maximum Gasteiger partial charge on any atom is 0.274 e. The van der Waals surface area contributed by atoms with Crippen LogP contribution in [0, 0.1) is 12.8 Å². The van der Waals surface area contributed by atoms with Gasteiger partial charge in [-0.05, 0) is 37.5 Å². The Hall–Kier alpha value is -2.41. The van der Waals surface area contributed by atoms with Crippen molar-refractivity contribution in [1.82, 2.24) is 19.2 Å². The van der Waals surface area contributed by atoms with Gasteiger partial charge in [-0.25, -0.2) is 4.98 Å². The van der Waals surface area contributed by atoms with Crippen molar-refractivity contribution in [3.05, 3.63) is 35.8 Å². The number of ether oxygens (including phenoxy) is 1. The standard InChI is InChI=1S/C19H24N4O3/c1-14-4-6-22-13-16(20-17(22)11-14)19(25)23-5-2-3-15(12-23)18(24)21-7-9-26-10-8-21/h4,6,11,13,15H,2-3,5,7-10,12H2,1H3/t15-/m0/s1. The second kappa shape index (κ2) is 7.07. The van der Waals surface area contributed by atoms with Gasteiger partial charge in [0.15, 0.2) is 0 Å². The van der Waals surface area contributed by atoms with Gasteiger partial charge in [0.05, 0.1) is 19.1 Å². The number of aryl methyl sites for hydroxylation is 1. The van der Waals surface area contributed by atoms with Gasteiger partial charge >= 0.3 is 0 Å². The molecule has 0 bridgehead atoms. The fraction of sp³-hybridized carbons (Fsp3) is 0.526. The molecule has 0 saturated carbocycles. The number of piperidine rings is 1. The number of likely N-dealkylation sites (tertiary alicyclic amines) is 1. The molecule has 2 saturated heterocycles. The van der Waals surface area contributed by atoms with Gasteiger partial charge in [-0.15, -0.1) is 0 Å². The minimum atomic E-state index is -0.120. The Labute approximate surface area is 152 Å². The third kappa shape index (κ3) is 3.31. The Morgan fingerprint density at radius 2 is 2.00 bits per heavy atom. The second-order valence-electron chi connectivity index (χ2n) is 7.12. The molecule has 2 aliphatic rings. The quantitative estimate of drug-likeness (QED) is 0.815. The van der Waals surface area contributed by atoms with E-state index < -0.39 is 0 Å². The largest absolute Gasteiger partial charge is 0.378 e. The number of carbonyl (C=O) groups excluding carboxylic acids is 2. The average molecular weight is 356 g/mol. The van der Waals surface area contributed by atoms with Crippen LogP contribution < -0.4 is 0 Å². The van der Waals surface area contributed by atoms with Crippen LogP contribution in [0.25, 0.3) is 5.65 Å². The smallest absolute Gasteiger partial charge is 0.274 e. The number of morpholine rings is 1. The number of hydrogen-bond acceptors (Lipinski definition) is 4. The minimum absolute atomic E-state index is 0.0918. The van der Waals surface area contributed by atoms with E-state index in [0.29, 0.717) is 45.1 Å². The number of amides is 2. The molecule has 4 rings (SSSR count). The lowest BCUT2D eigenvalue weighted by Crippen LogP contribution is -2.49. The number of nitrogens with zero attached hydrogens (tertiary/aromatic N) is 4. The molecule has 7 heteroatoms. The lowest BCUT2D eigenvalue weighted by atomic mass is 9.96. The summed E-state index contributed by atoms with van der Waals surface area (Å²) in [6, 6.07) is 3.94. The summed E-state index contributed by atoms with van der Waals surface area (Å²) < 4.78 is 7.18. The van der Waals surface area contributed by atoms with Crippen LogP contribution in [0.1, 0.15) is 28.9 Å². The zero-order valence-corrected chi connectivity index (χ0v) is 15.1. The fourth-order valence-corrected chi connectivity index (χ4v) is 3.75. The monoisotopic (exact) mass is 356 g/mol. The first-order valence-corrected chi connectivity index (χ1v) is 9.23. The van der Waals surface area contributed by atoms with Crippen LogP contribution in [0.2, 0.25) is 0 Å². The molecule has 0 aromatic carbocycles. The molecule has 1 atom stereocenters. The molecule has 2 aliphatic heterocycles. The summed E-state index contributed by atoms with van der Waals surface area (Å²) in [5.74, 6) is -0.0627. The highest BCUT2D eigenvalue weighted by Gasteiger charge is 2.32. The Kier molecular flexibility index (Phi) is 4.63. The van der Waals surface area contributed by atoms with Gasteiger partial charge in [-0.3, -0.25) is 9.59 Å². The first-order valence-electron chi connectivity index (χ1n) is 9.23. The summed E-state index contributed by atoms with van der Waals surface area (Å²) in [5.41, 5.74) is 2.32. The van der Waals surface area contributed by atoms with Crippen molar-refractivity contribution in [2.75, 3.05) is 39.4 Å². The van der Waals surface area contributed by atoms with Gasteiger partial charge < -0.3 is 18.9 Å². The maximum absolute atomic E-state index is 12.9. The molecule has 0 aliphatic carbocycles. The van der Waals surface area contributed by atoms with E-state index in [1.165, 1.54) is 0 Å². The zero-order chi connectivity index (χ0) is 18.1. The highest BCUT2D eigenvalue weighted by Crippen LogP contribution is 2.21. The average Bonchev–Trinajstić information content (AvgIpc) is 3.10. The van der Waals surface area contributed by atoms with E-state index in [0.717, 1.165) is 24.1 Å². The fourth-order valence-electron chi connectivity index (χ4n) is 3.75. The van der Waals surface area contributed by atoms with Gasteiger partial charge in [0.25, 0.3) is 5.91 Å². The molecule has 2 aromatic rings. The first kappa shape index (κ1) is 17.0. The van der Waals surface area contributed by atoms with E-state index >= 15 is 0 Å². The predicted octanol–water partition coefficient (Wildman–Crippen LogP) is 1.35. The number of pyridine rings is 1. The van der Waals surface area contributed by atoms with Crippen LogP contribution in [0.15, 0.2) is 24.5 Å². The Morgan fingerprint density at radius 1 is 1.19 bits per heavy atom. The molecule has 2 aromatic heterocycles. The number of carbonyl (C=O) groups is 2. The number of aromatic nitrogens is 2. The van der Waals surface area contributed by atoms with Crippen molar-refractivity contribution < 1.29 is 14.3 Å². The molecule has 2 amide bonds. The van der Waals surface area contributed by atoms with Crippen LogP contribution in [-0.4, -0.2) is 70.4 Å². The molecule has 0 radical (unpaired) electrons. The molecule has 138 valence electrons. The van der Waals surface area contributed by atoms with E-state index in [4.69, 9.17) is 4.74 Å². The number of fused-ring (bicyclic) bond motifs is 1. The Balaban J connectivity index is 1.47. The zero-order valence-electron chi connectivity index (χ0n) is 15.1. The molecule has 4 heterocycles. The molecule has 7 nitrogen and oxygen atoms in total. The van der Waals surface area contributed by atoms with Gasteiger partial charge in [-0.2, -0.15) is 0 Å². The van der Waals surface area contributed by atoms with Crippen molar-refractivity contribution in [2.45, 2.75) is 19.8 Å². The topological polar surface area (TPSA) is 67.2 Å². The molecule has 0 spiro atoms. The van der Waals surface area contributed by atoms with E-state index in [-0.39, 0.29) is 17.7 Å². The maximum atomic E-state index is 12.9. The van der Waals surface area contributed by atoms with Crippen molar-refractivity contribution in [2.24, 2.45) is 5.92 Å². The summed E-state index contributed by atoms with van der Waals surface area (Å²) in [7, 11) is 0. The summed E-state index contributed by atoms with van der Waals surface area (Å²) in [6.45, 7) is 5.65. The molecule has 0 N–H and O–H groups in total. The lowest BCUT2D eigenvalue weighted by Gasteiger charge is -2.36. The molecule has 2 fully saturated rings.